The number of aromatic nitrogens is 2. The first-order valence-corrected chi connectivity index (χ1v) is 25.5. The first-order valence-electron chi connectivity index (χ1n) is 25.5. The number of hydrogen-bond acceptors (Lipinski definition) is 8. The van der Waals surface area contributed by atoms with Crippen molar-refractivity contribution < 1.29 is 48.0 Å². The van der Waals surface area contributed by atoms with Gasteiger partial charge in [-0.2, -0.15) is 9.13 Å². The van der Waals surface area contributed by atoms with Crippen LogP contribution in [0.3, 0.4) is 0 Å². The first-order chi connectivity index (χ1) is 34.9. The summed E-state index contributed by atoms with van der Waals surface area (Å²) in [6.45, 7) is 16.6. The number of rotatable bonds is 30. The number of carbonyl (C=O) groups is 4. The van der Waals surface area contributed by atoms with E-state index in [9.17, 15) is 29.4 Å². The molecule has 0 unspecified atom stereocenters. The van der Waals surface area contributed by atoms with E-state index in [1.165, 1.54) is 9.13 Å². The van der Waals surface area contributed by atoms with Crippen LogP contribution in [0.2, 0.25) is 0 Å². The van der Waals surface area contributed by atoms with Gasteiger partial charge in [-0.1, -0.05) is 58.4 Å². The number of nitrogens with zero attached hydrogens (tertiary/aromatic N) is 4. The molecule has 3 aromatic carbocycles. The van der Waals surface area contributed by atoms with E-state index in [1.807, 2.05) is 36.4 Å². The number of unbranched alkanes of at least 4 members (excludes halogenated alkanes) is 6. The van der Waals surface area contributed by atoms with E-state index < -0.39 is 23.8 Å². The topological polar surface area (TPSA) is 166 Å². The second-order valence-corrected chi connectivity index (χ2v) is 17.5. The Labute approximate surface area is 425 Å². The van der Waals surface area contributed by atoms with Crippen molar-refractivity contribution in [2.75, 3.05) is 59.8 Å². The molecule has 5 rings (SSSR count). The van der Waals surface area contributed by atoms with Gasteiger partial charge in [0.2, 0.25) is 13.1 Å². The molecule has 2 amide bonds. The molecule has 2 aromatic heterocycles. The Morgan fingerprint density at radius 3 is 1.25 bits per heavy atom. The molecule has 0 aliphatic rings. The van der Waals surface area contributed by atoms with Crippen LogP contribution in [0.1, 0.15) is 115 Å². The molecule has 14 nitrogen and oxygen atoms in total. The number of hydrogen-bond donors (Lipinski definition) is 4. The van der Waals surface area contributed by atoms with Gasteiger partial charge in [-0.15, -0.1) is 0 Å². The monoisotopic (exact) mass is 983 g/mol. The molecule has 0 atom stereocenters. The minimum absolute atomic E-state index is 0.240. The van der Waals surface area contributed by atoms with Crippen LogP contribution in [0, 0.1) is 0 Å². The Bertz CT molecular complexity index is 2440. The van der Waals surface area contributed by atoms with Gasteiger partial charge in [-0.3, -0.25) is 9.59 Å². The third kappa shape index (κ3) is 16.8. The number of carboxylic acids is 2. The SMILES string of the molecule is CCCCCCOc1cc(N(CC)CC)ccc1/C=C(\C(=O)Nc1cccc(NC(=O)/C(=C\c2ccc(N(CC)CC)cc2OCCCCCC)c2cc[n+](CC(=O)O)cc2)c1)c1cc[n+](CC(=O)O)cc1. The average molecular weight is 983 g/mol. The zero-order chi connectivity index (χ0) is 51.8. The summed E-state index contributed by atoms with van der Waals surface area (Å²) in [5.41, 5.74) is 5.97. The van der Waals surface area contributed by atoms with E-state index in [1.54, 1.807) is 85.5 Å². The van der Waals surface area contributed by atoms with Crippen molar-refractivity contribution in [2.24, 2.45) is 0 Å². The standard InChI is InChI=1S/C58H72N6O8/c1-7-13-15-17-34-71-53-39-49(63(9-3)10-4)24-22-45(53)36-51(43-26-30-61(31-27-43)41-55(65)66)57(69)59-47-20-19-21-48(38-47)60-58(70)52(44-28-32-62(33-29-44)42-56(67)68)37-46-23-25-50(64(11-5)12-6)40-54(46)72-35-18-16-14-8-2/h19-33,36-40H,7-18,34-35,41-42H2,1-6H3,(H2-2,59,60,65,66,67,68,69,70)/p+2. The highest BCUT2D eigenvalue weighted by atomic mass is 16.5. The first kappa shape index (κ1) is 55.4. The molecular weight excluding hydrogens is 909 g/mol. The summed E-state index contributed by atoms with van der Waals surface area (Å²) in [6, 6.07) is 25.7. The second kappa shape index (κ2) is 29.0. The number of ether oxygens (including phenoxy) is 2. The quantitative estimate of drug-likeness (QED) is 0.0198. The fourth-order valence-electron chi connectivity index (χ4n) is 8.27. The lowest BCUT2D eigenvalue weighted by molar-refractivity contribution is -0.685. The summed E-state index contributed by atoms with van der Waals surface area (Å²) in [7, 11) is 0. The van der Waals surface area contributed by atoms with Crippen LogP contribution in [-0.4, -0.2) is 73.4 Å². The highest BCUT2D eigenvalue weighted by Crippen LogP contribution is 2.33. The summed E-state index contributed by atoms with van der Waals surface area (Å²) in [6.07, 6.45) is 18.4. The van der Waals surface area contributed by atoms with Crippen LogP contribution in [0.15, 0.2) is 110 Å². The van der Waals surface area contributed by atoms with E-state index in [-0.39, 0.29) is 13.1 Å². The number of nitrogens with one attached hydrogen (secondary N) is 2. The van der Waals surface area contributed by atoms with E-state index in [2.05, 4.69) is 62.0 Å². The third-order valence-corrected chi connectivity index (χ3v) is 12.3. The van der Waals surface area contributed by atoms with Gasteiger partial charge in [0.15, 0.2) is 24.8 Å². The number of pyridine rings is 2. The maximum absolute atomic E-state index is 14.6. The summed E-state index contributed by atoms with van der Waals surface area (Å²) < 4.78 is 15.9. The largest absolute Gasteiger partial charge is 0.493 e. The Morgan fingerprint density at radius 1 is 0.514 bits per heavy atom. The maximum Gasteiger partial charge on any atom is 0.370 e. The van der Waals surface area contributed by atoms with Crippen molar-refractivity contribution in [1.82, 2.24) is 0 Å². The summed E-state index contributed by atoms with van der Waals surface area (Å²) in [5.74, 6) is -1.57. The molecule has 0 fully saturated rings. The number of carboxylic acid groups (broad SMARTS) is 2. The van der Waals surface area contributed by atoms with Gasteiger partial charge in [0.05, 0.1) is 13.2 Å². The van der Waals surface area contributed by atoms with Crippen molar-refractivity contribution >= 4 is 69.8 Å². The number of amides is 2. The second-order valence-electron chi connectivity index (χ2n) is 17.5. The average Bonchev–Trinajstić information content (AvgIpc) is 3.36. The molecular formula is C58H74N6O8+2. The highest BCUT2D eigenvalue weighted by molar-refractivity contribution is 6.30. The van der Waals surface area contributed by atoms with E-state index in [0.29, 0.717) is 69.5 Å². The van der Waals surface area contributed by atoms with Gasteiger partial charge in [-0.25, -0.2) is 9.59 Å². The molecule has 2 heterocycles. The molecule has 0 spiro atoms. The summed E-state index contributed by atoms with van der Waals surface area (Å²) in [4.78, 5) is 56.7. The molecule has 0 saturated carbocycles. The lowest BCUT2D eigenvalue weighted by atomic mass is 10.0. The van der Waals surface area contributed by atoms with Crippen LogP contribution in [0.5, 0.6) is 11.5 Å². The zero-order valence-corrected chi connectivity index (χ0v) is 43.0. The minimum Gasteiger partial charge on any atom is -0.493 e. The predicted octanol–water partition coefficient (Wildman–Crippen LogP) is 10.4. The normalized spacial score (nSPS) is 11.5. The van der Waals surface area contributed by atoms with E-state index in [0.717, 1.165) is 88.9 Å². The molecule has 0 aliphatic heterocycles. The van der Waals surface area contributed by atoms with Crippen LogP contribution in [0.25, 0.3) is 23.3 Å². The summed E-state index contributed by atoms with van der Waals surface area (Å²) >= 11 is 0. The molecule has 0 radical (unpaired) electrons. The lowest BCUT2D eigenvalue weighted by Gasteiger charge is -2.22. The van der Waals surface area contributed by atoms with Crippen molar-refractivity contribution in [3.8, 4) is 11.5 Å². The lowest BCUT2D eigenvalue weighted by Crippen LogP contribution is -2.37. The third-order valence-electron chi connectivity index (χ3n) is 12.3. The smallest absolute Gasteiger partial charge is 0.370 e. The molecule has 4 N–H and O–H groups in total. The molecule has 0 aliphatic carbocycles. The molecule has 0 bridgehead atoms. The zero-order valence-electron chi connectivity index (χ0n) is 43.0. The minimum atomic E-state index is -0.992. The van der Waals surface area contributed by atoms with Crippen molar-refractivity contribution in [1.29, 1.82) is 0 Å². The molecule has 72 heavy (non-hydrogen) atoms. The maximum atomic E-state index is 14.6. The highest BCUT2D eigenvalue weighted by Gasteiger charge is 2.21. The van der Waals surface area contributed by atoms with Crippen LogP contribution >= 0.6 is 0 Å². The predicted molar refractivity (Wildman–Crippen MR) is 287 cm³/mol. The van der Waals surface area contributed by atoms with Crippen molar-refractivity contribution in [3.63, 3.8) is 0 Å². The number of benzene rings is 3. The number of aliphatic carboxylic acids is 2. The van der Waals surface area contributed by atoms with Gasteiger partial charge in [0.1, 0.15) is 11.5 Å². The number of carbonyl (C=O) groups excluding carboxylic acids is 2. The van der Waals surface area contributed by atoms with Crippen LogP contribution < -0.4 is 39.0 Å². The van der Waals surface area contributed by atoms with Crippen LogP contribution in [-0.2, 0) is 32.3 Å². The Morgan fingerprint density at radius 2 is 0.903 bits per heavy atom. The molecule has 14 heteroatoms. The van der Waals surface area contributed by atoms with Crippen molar-refractivity contribution in [3.05, 3.63) is 132 Å². The number of anilines is 4. The van der Waals surface area contributed by atoms with Gasteiger partial charge >= 0.3 is 11.9 Å². The van der Waals surface area contributed by atoms with Gasteiger partial charge in [0.25, 0.3) is 11.8 Å². The molecule has 0 saturated heterocycles. The molecule has 382 valence electrons. The molecule has 5 aromatic rings. The van der Waals surface area contributed by atoms with Gasteiger partial charge in [0, 0.05) is 108 Å². The summed E-state index contributed by atoms with van der Waals surface area (Å²) in [5, 5.41) is 25.0. The van der Waals surface area contributed by atoms with Crippen LogP contribution in [0.4, 0.5) is 22.7 Å². The Hall–Kier alpha value is -7.48. The van der Waals surface area contributed by atoms with Gasteiger partial charge in [-0.05, 0) is 106 Å². The van der Waals surface area contributed by atoms with E-state index >= 15 is 0 Å². The van der Waals surface area contributed by atoms with E-state index in [4.69, 9.17) is 9.47 Å². The fraction of sp³-hybridized carbons (Fsp3) is 0.379. The Kier molecular flexibility index (Phi) is 22.3. The fourth-order valence-corrected chi connectivity index (χ4v) is 8.27. The van der Waals surface area contributed by atoms with Gasteiger partial charge < -0.3 is 40.1 Å². The van der Waals surface area contributed by atoms with Crippen molar-refractivity contribution in [2.45, 2.75) is 106 Å². The Balaban J connectivity index is 1.52.